The predicted octanol–water partition coefficient (Wildman–Crippen LogP) is 4.85. The van der Waals surface area contributed by atoms with Gasteiger partial charge >= 0.3 is 0 Å². The Morgan fingerprint density at radius 2 is 1.25 bits per heavy atom. The number of hydrogen-bond acceptors (Lipinski definition) is 7. The van der Waals surface area contributed by atoms with Crippen LogP contribution < -0.4 is 9.80 Å². The van der Waals surface area contributed by atoms with Crippen molar-refractivity contribution in [3.8, 4) is 0 Å². The quantitative estimate of drug-likeness (QED) is 0.139. The predicted molar refractivity (Wildman–Crippen MR) is 195 cm³/mol. The van der Waals surface area contributed by atoms with Gasteiger partial charge in [-0.1, -0.05) is 66.7 Å². The molecule has 14 heteroatoms. The smallest absolute Gasteiger partial charge is 0.295 e. The fourth-order valence-electron chi connectivity index (χ4n) is 6.15. The molecule has 4 aromatic rings. The molecule has 0 bridgehead atoms. The van der Waals surface area contributed by atoms with Crippen molar-refractivity contribution in [1.82, 2.24) is 0 Å². The van der Waals surface area contributed by atoms with Crippen molar-refractivity contribution in [2.75, 3.05) is 18.0 Å². The van der Waals surface area contributed by atoms with E-state index in [1.807, 2.05) is 67.3 Å². The van der Waals surface area contributed by atoms with Crippen LogP contribution in [0, 0.1) is 0 Å². The third kappa shape index (κ3) is 9.28. The molecule has 0 amide bonds. The Morgan fingerprint density at radius 1 is 0.686 bits per heavy atom. The number of nitrogens with one attached hydrogen (secondary N) is 1. The lowest BCUT2D eigenvalue weighted by molar-refractivity contribution is -0.924. The van der Waals surface area contributed by atoms with Crippen molar-refractivity contribution in [2.24, 2.45) is 0 Å². The lowest BCUT2D eigenvalue weighted by Gasteiger charge is -2.26. The summed E-state index contributed by atoms with van der Waals surface area (Å²) in [7, 11) is -13.3. The fraction of sp³-hybridized carbons (Fsp3) is 0.189. The fourth-order valence-corrected chi connectivity index (χ4v) is 7.96. The van der Waals surface area contributed by atoms with Crippen LogP contribution in [0.4, 0.5) is 5.69 Å². The molecule has 0 radical (unpaired) electrons. The van der Waals surface area contributed by atoms with E-state index in [2.05, 4.69) is 0 Å². The molecule has 1 atom stereocenters. The standard InChI is InChI=1S/C37H38N2O9S3/c1-3-38(25-27-9-7-11-33(23-27)49(40,41)42)31-19-15-29(16-20-31)37(35-13-5-6-14-36(35)51(46,47)48)30-17-21-32(22-18-30)39(4-2)26-28-10-8-12-34(24-28)50(43,44)45/h5-24,31H,3-4,25-26H2,1-2H3,(H,40,41,42)(H,43,44,45)(H,46,47,48)/p+1. The number of likely N-dealkylation sites (N-methyl/N-ethyl adjacent to an activating group) is 1. The minimum atomic E-state index is -4.59. The summed E-state index contributed by atoms with van der Waals surface area (Å²) in [6.45, 7) is 6.08. The third-order valence-corrected chi connectivity index (χ3v) is 11.3. The SMILES string of the molecule is CCN(Cc1cccc(S(=O)(=O)O)c1)c1ccc(C(=C2C=CC([NH+](CC)Cc3cccc(S(=O)(=O)O)c3)C=C2)c2ccccc2S(=O)(=O)O)cc1. The maximum atomic E-state index is 12.5. The minimum absolute atomic E-state index is 0.106. The molecule has 5 rings (SSSR count). The number of benzene rings is 4. The zero-order valence-corrected chi connectivity index (χ0v) is 30.4. The van der Waals surface area contributed by atoms with Crippen molar-refractivity contribution in [3.63, 3.8) is 0 Å². The topological polar surface area (TPSA) is 171 Å². The van der Waals surface area contributed by atoms with Crippen LogP contribution in [0.15, 0.2) is 142 Å². The first-order valence-corrected chi connectivity index (χ1v) is 20.4. The molecule has 0 saturated heterocycles. The number of allylic oxidation sites excluding steroid dienone is 3. The normalized spacial score (nSPS) is 15.5. The van der Waals surface area contributed by atoms with E-state index in [0.29, 0.717) is 54.0 Å². The zero-order chi connectivity index (χ0) is 37.0. The van der Waals surface area contributed by atoms with Crippen molar-refractivity contribution in [2.45, 2.75) is 47.7 Å². The Labute approximate surface area is 299 Å². The lowest BCUT2D eigenvalue weighted by atomic mass is 9.90. The second kappa shape index (κ2) is 15.5. The second-order valence-corrected chi connectivity index (χ2v) is 16.3. The molecule has 0 saturated carbocycles. The van der Waals surface area contributed by atoms with E-state index in [1.54, 1.807) is 36.4 Å². The summed E-state index contributed by atoms with van der Waals surface area (Å²) in [5.74, 6) is 0. The largest absolute Gasteiger partial charge is 0.367 e. The molecule has 51 heavy (non-hydrogen) atoms. The molecular weight excluding hydrogens is 713 g/mol. The highest BCUT2D eigenvalue weighted by molar-refractivity contribution is 7.86. The Balaban J connectivity index is 1.50. The van der Waals surface area contributed by atoms with Gasteiger partial charge < -0.3 is 9.80 Å². The van der Waals surface area contributed by atoms with Crippen molar-refractivity contribution in [1.29, 1.82) is 0 Å². The van der Waals surface area contributed by atoms with Gasteiger partial charge in [0.2, 0.25) is 0 Å². The van der Waals surface area contributed by atoms with Crippen LogP contribution in [-0.2, 0) is 43.4 Å². The highest BCUT2D eigenvalue weighted by Gasteiger charge is 2.24. The zero-order valence-electron chi connectivity index (χ0n) is 27.9. The summed E-state index contributed by atoms with van der Waals surface area (Å²) in [6.07, 6.45) is 7.79. The van der Waals surface area contributed by atoms with Crippen molar-refractivity contribution < 1.29 is 43.8 Å². The molecule has 268 valence electrons. The summed E-state index contributed by atoms with van der Waals surface area (Å²) >= 11 is 0. The molecular formula is C37H39N2O9S3+. The van der Waals surface area contributed by atoms with Crippen LogP contribution in [0.2, 0.25) is 0 Å². The first-order chi connectivity index (χ1) is 24.1. The van der Waals surface area contributed by atoms with Gasteiger partial charge in [-0.15, -0.1) is 0 Å². The molecule has 4 N–H and O–H groups in total. The number of anilines is 1. The van der Waals surface area contributed by atoms with E-state index in [1.165, 1.54) is 36.4 Å². The summed E-state index contributed by atoms with van der Waals surface area (Å²) in [5, 5.41) is 0. The molecule has 1 aliphatic carbocycles. The summed E-state index contributed by atoms with van der Waals surface area (Å²) in [4.78, 5) is 2.52. The van der Waals surface area contributed by atoms with Crippen LogP contribution in [0.3, 0.4) is 0 Å². The second-order valence-electron chi connectivity index (χ2n) is 12.0. The van der Waals surface area contributed by atoms with Gasteiger partial charge in [-0.3, -0.25) is 13.7 Å². The molecule has 1 unspecified atom stereocenters. The van der Waals surface area contributed by atoms with Gasteiger partial charge in [0.15, 0.2) is 0 Å². The Kier molecular flexibility index (Phi) is 11.5. The summed E-state index contributed by atoms with van der Waals surface area (Å²) in [6, 6.07) is 25.9. The van der Waals surface area contributed by atoms with Gasteiger partial charge in [0.05, 0.1) is 16.3 Å². The van der Waals surface area contributed by atoms with Gasteiger partial charge in [0.1, 0.15) is 17.5 Å². The molecule has 0 spiro atoms. The van der Waals surface area contributed by atoms with Gasteiger partial charge in [-0.25, -0.2) is 0 Å². The van der Waals surface area contributed by atoms with E-state index in [4.69, 9.17) is 0 Å². The number of rotatable bonds is 13. The first-order valence-electron chi connectivity index (χ1n) is 16.1. The van der Waals surface area contributed by atoms with Crippen LogP contribution in [-0.4, -0.2) is 58.0 Å². The van der Waals surface area contributed by atoms with E-state index < -0.39 is 30.4 Å². The average Bonchev–Trinajstić information content (AvgIpc) is 3.10. The van der Waals surface area contributed by atoms with Crippen LogP contribution in [0.1, 0.15) is 36.1 Å². The van der Waals surface area contributed by atoms with Crippen molar-refractivity contribution >= 4 is 41.6 Å². The van der Waals surface area contributed by atoms with E-state index in [0.717, 1.165) is 16.2 Å². The van der Waals surface area contributed by atoms with Gasteiger partial charge in [-0.2, -0.15) is 25.3 Å². The molecule has 0 aliphatic heterocycles. The highest BCUT2D eigenvalue weighted by Crippen LogP contribution is 2.35. The maximum Gasteiger partial charge on any atom is 0.295 e. The third-order valence-electron chi connectivity index (χ3n) is 8.71. The lowest BCUT2D eigenvalue weighted by Crippen LogP contribution is -3.13. The van der Waals surface area contributed by atoms with E-state index >= 15 is 0 Å². The minimum Gasteiger partial charge on any atom is -0.367 e. The van der Waals surface area contributed by atoms with Gasteiger partial charge in [0, 0.05) is 29.9 Å². The molecule has 0 aromatic heterocycles. The Hall–Kier alpha value is -4.41. The van der Waals surface area contributed by atoms with Crippen LogP contribution >= 0.6 is 0 Å². The maximum absolute atomic E-state index is 12.5. The Morgan fingerprint density at radius 3 is 1.80 bits per heavy atom. The van der Waals surface area contributed by atoms with E-state index in [9.17, 15) is 38.9 Å². The number of nitrogens with zero attached hydrogens (tertiary/aromatic N) is 1. The highest BCUT2D eigenvalue weighted by atomic mass is 32.2. The Bertz CT molecular complexity index is 2320. The molecule has 0 heterocycles. The summed E-state index contributed by atoms with van der Waals surface area (Å²) < 4.78 is 101. The molecule has 11 nitrogen and oxygen atoms in total. The molecule has 4 aromatic carbocycles. The first kappa shape index (κ1) is 37.8. The van der Waals surface area contributed by atoms with Crippen LogP contribution in [0.5, 0.6) is 0 Å². The molecule has 1 aliphatic rings. The van der Waals surface area contributed by atoms with Gasteiger partial charge in [0.25, 0.3) is 30.4 Å². The number of quaternary nitrogens is 1. The summed E-state index contributed by atoms with van der Waals surface area (Å²) in [5.41, 5.74) is 4.51. The van der Waals surface area contributed by atoms with Crippen molar-refractivity contribution in [3.05, 3.63) is 149 Å². The monoisotopic (exact) mass is 751 g/mol. The van der Waals surface area contributed by atoms with E-state index in [-0.39, 0.29) is 20.7 Å². The molecule has 0 fully saturated rings. The number of hydrogen-bond donors (Lipinski definition) is 4. The average molecular weight is 752 g/mol. The van der Waals surface area contributed by atoms with Crippen LogP contribution in [0.25, 0.3) is 5.57 Å². The van der Waals surface area contributed by atoms with Gasteiger partial charge in [-0.05, 0) is 90.7 Å².